The van der Waals surface area contributed by atoms with Gasteiger partial charge in [0.05, 0.1) is 18.1 Å². The van der Waals surface area contributed by atoms with Crippen molar-refractivity contribution in [1.29, 1.82) is 0 Å². The molecule has 3 heteroatoms. The third-order valence-corrected chi connectivity index (χ3v) is 4.83. The van der Waals surface area contributed by atoms with Gasteiger partial charge in [-0.15, -0.1) is 0 Å². The van der Waals surface area contributed by atoms with Crippen LogP contribution < -0.4 is 4.74 Å². The molecule has 4 aromatic rings. The lowest BCUT2D eigenvalue weighted by atomic mass is 10.1. The van der Waals surface area contributed by atoms with Crippen molar-refractivity contribution in [2.75, 3.05) is 7.11 Å². The van der Waals surface area contributed by atoms with Gasteiger partial charge < -0.3 is 4.74 Å². The Morgan fingerprint density at radius 1 is 0.840 bits per heavy atom. The molecule has 0 aliphatic heterocycles. The van der Waals surface area contributed by atoms with Crippen LogP contribution in [0, 0.1) is 13.8 Å². The van der Waals surface area contributed by atoms with Crippen molar-refractivity contribution in [3.8, 4) is 5.75 Å². The highest BCUT2D eigenvalue weighted by Crippen LogP contribution is 2.31. The Morgan fingerprint density at radius 3 is 2.24 bits per heavy atom. The highest BCUT2D eigenvalue weighted by atomic mass is 16.5. The van der Waals surface area contributed by atoms with Gasteiger partial charge in [-0.3, -0.25) is 9.36 Å². The second-order valence-corrected chi connectivity index (χ2v) is 6.34. The summed E-state index contributed by atoms with van der Waals surface area (Å²) in [5.74, 6) is 0.711. The van der Waals surface area contributed by atoms with Gasteiger partial charge in [-0.1, -0.05) is 18.2 Å². The summed E-state index contributed by atoms with van der Waals surface area (Å²) in [6.45, 7) is 4.18. The number of ether oxygens (including phenoxy) is 1. The van der Waals surface area contributed by atoms with Crippen molar-refractivity contribution in [2.45, 2.75) is 13.8 Å². The van der Waals surface area contributed by atoms with Crippen LogP contribution in [0.1, 0.15) is 21.5 Å². The number of benzene rings is 3. The van der Waals surface area contributed by atoms with Gasteiger partial charge in [0, 0.05) is 16.3 Å². The van der Waals surface area contributed by atoms with Crippen LogP contribution in [0.2, 0.25) is 0 Å². The minimum atomic E-state index is -0.0305. The molecule has 0 radical (unpaired) electrons. The van der Waals surface area contributed by atoms with Crippen LogP contribution in [0.3, 0.4) is 0 Å². The second-order valence-electron chi connectivity index (χ2n) is 6.34. The Bertz CT molecular complexity index is 1100. The highest BCUT2D eigenvalue weighted by molar-refractivity contribution is 6.16. The minimum Gasteiger partial charge on any atom is -0.497 e. The Balaban J connectivity index is 2.01. The number of aromatic nitrogens is 1. The molecule has 124 valence electrons. The maximum absolute atomic E-state index is 13.3. The van der Waals surface area contributed by atoms with Crippen LogP contribution in [-0.4, -0.2) is 17.6 Å². The van der Waals surface area contributed by atoms with Crippen LogP contribution >= 0.6 is 0 Å². The van der Waals surface area contributed by atoms with E-state index in [9.17, 15) is 4.79 Å². The smallest absolute Gasteiger partial charge is 0.262 e. The summed E-state index contributed by atoms with van der Waals surface area (Å²) < 4.78 is 7.01. The highest BCUT2D eigenvalue weighted by Gasteiger charge is 2.18. The van der Waals surface area contributed by atoms with Crippen molar-refractivity contribution < 1.29 is 9.53 Å². The van der Waals surface area contributed by atoms with Gasteiger partial charge in [0.1, 0.15) is 5.75 Å². The molecule has 1 aromatic heterocycles. The molecule has 3 aromatic carbocycles. The van der Waals surface area contributed by atoms with E-state index in [1.165, 1.54) is 11.1 Å². The molecule has 0 unspecified atom stereocenters. The summed E-state index contributed by atoms with van der Waals surface area (Å²) in [5.41, 5.74) is 4.93. The maximum atomic E-state index is 13.3. The molecule has 0 atom stereocenters. The quantitative estimate of drug-likeness (QED) is 0.512. The molecule has 0 bridgehead atoms. The number of fused-ring (bicyclic) bond motifs is 3. The largest absolute Gasteiger partial charge is 0.497 e. The number of aryl methyl sites for hydroxylation is 2. The summed E-state index contributed by atoms with van der Waals surface area (Å²) in [7, 11) is 1.62. The summed E-state index contributed by atoms with van der Waals surface area (Å²) in [6.07, 6.45) is 0. The normalized spacial score (nSPS) is 11.2. The molecule has 0 N–H and O–H groups in total. The van der Waals surface area contributed by atoms with Gasteiger partial charge in [-0.05, 0) is 67.4 Å². The number of carbonyl (C=O) groups is 1. The van der Waals surface area contributed by atoms with Crippen molar-refractivity contribution in [3.63, 3.8) is 0 Å². The molecular weight excluding hydrogens is 310 g/mol. The molecule has 0 saturated heterocycles. The lowest BCUT2D eigenvalue weighted by Gasteiger charge is -2.08. The lowest BCUT2D eigenvalue weighted by Crippen LogP contribution is -2.11. The Hall–Kier alpha value is -3.07. The average Bonchev–Trinajstić information content (AvgIpc) is 2.95. The Kier molecular flexibility index (Phi) is 3.57. The Labute approximate surface area is 146 Å². The SMILES string of the molecule is COc1ccc(C(=O)n2c3ccccc3c3cc(C)c(C)cc32)cc1. The van der Waals surface area contributed by atoms with Gasteiger partial charge in [-0.25, -0.2) is 0 Å². The van der Waals surface area contributed by atoms with Gasteiger partial charge >= 0.3 is 0 Å². The van der Waals surface area contributed by atoms with Crippen LogP contribution in [0.4, 0.5) is 0 Å². The maximum Gasteiger partial charge on any atom is 0.262 e. The minimum absolute atomic E-state index is 0.0305. The third-order valence-electron chi connectivity index (χ3n) is 4.83. The van der Waals surface area contributed by atoms with Crippen molar-refractivity contribution in [3.05, 3.63) is 77.4 Å². The third kappa shape index (κ3) is 2.40. The van der Waals surface area contributed by atoms with E-state index in [1.54, 1.807) is 7.11 Å². The molecule has 3 nitrogen and oxygen atoms in total. The fourth-order valence-electron chi connectivity index (χ4n) is 3.31. The predicted molar refractivity (Wildman–Crippen MR) is 102 cm³/mol. The number of methoxy groups -OCH3 is 1. The van der Waals surface area contributed by atoms with Crippen LogP contribution in [0.15, 0.2) is 60.7 Å². The van der Waals surface area contributed by atoms with Crippen LogP contribution in [-0.2, 0) is 0 Å². The molecule has 1 heterocycles. The second kappa shape index (κ2) is 5.78. The molecule has 0 aliphatic carbocycles. The van der Waals surface area contributed by atoms with E-state index >= 15 is 0 Å². The van der Waals surface area contributed by atoms with Crippen molar-refractivity contribution in [2.24, 2.45) is 0 Å². The average molecular weight is 329 g/mol. The molecule has 4 rings (SSSR count). The van der Waals surface area contributed by atoms with Gasteiger partial charge in [0.15, 0.2) is 0 Å². The van der Waals surface area contributed by atoms with E-state index in [0.717, 1.165) is 27.6 Å². The predicted octanol–water partition coefficient (Wildman–Crippen LogP) is 5.11. The van der Waals surface area contributed by atoms with E-state index < -0.39 is 0 Å². The standard InChI is InChI=1S/C22H19NO2/c1-14-12-19-18-6-4-5-7-20(18)23(21(19)13-15(14)2)22(24)16-8-10-17(25-3)11-9-16/h4-13H,1-3H3. The number of hydrogen-bond acceptors (Lipinski definition) is 2. The first kappa shape index (κ1) is 15.5. The fourth-order valence-corrected chi connectivity index (χ4v) is 3.31. The van der Waals surface area contributed by atoms with E-state index in [1.807, 2.05) is 47.0 Å². The number of carbonyl (C=O) groups excluding carboxylic acids is 1. The summed E-state index contributed by atoms with van der Waals surface area (Å²) in [5, 5.41) is 2.21. The van der Waals surface area contributed by atoms with Gasteiger partial charge in [0.25, 0.3) is 5.91 Å². The zero-order valence-electron chi connectivity index (χ0n) is 14.5. The molecular formula is C22H19NO2. The molecule has 0 amide bonds. The first-order valence-corrected chi connectivity index (χ1v) is 8.29. The monoisotopic (exact) mass is 329 g/mol. The van der Waals surface area contributed by atoms with Crippen LogP contribution in [0.25, 0.3) is 21.8 Å². The Morgan fingerprint density at radius 2 is 1.52 bits per heavy atom. The van der Waals surface area contributed by atoms with Crippen molar-refractivity contribution in [1.82, 2.24) is 4.57 Å². The van der Waals surface area contributed by atoms with Gasteiger partial charge in [-0.2, -0.15) is 0 Å². The molecule has 0 spiro atoms. The van der Waals surface area contributed by atoms with E-state index in [2.05, 4.69) is 32.0 Å². The molecule has 0 fully saturated rings. The lowest BCUT2D eigenvalue weighted by molar-refractivity contribution is 0.0969. The zero-order chi connectivity index (χ0) is 17.6. The first-order chi connectivity index (χ1) is 12.1. The zero-order valence-corrected chi connectivity index (χ0v) is 14.5. The van der Waals surface area contributed by atoms with E-state index in [-0.39, 0.29) is 5.91 Å². The molecule has 0 saturated carbocycles. The summed E-state index contributed by atoms with van der Waals surface area (Å²) in [6, 6.07) is 19.6. The number of para-hydroxylation sites is 1. The number of rotatable bonds is 2. The topological polar surface area (TPSA) is 31.2 Å². The van der Waals surface area contributed by atoms with Crippen molar-refractivity contribution >= 4 is 27.7 Å². The molecule has 0 aliphatic rings. The molecule has 25 heavy (non-hydrogen) atoms. The summed E-state index contributed by atoms with van der Waals surface area (Å²) >= 11 is 0. The fraction of sp³-hybridized carbons (Fsp3) is 0.136. The number of hydrogen-bond donors (Lipinski definition) is 0. The van der Waals surface area contributed by atoms with Crippen LogP contribution in [0.5, 0.6) is 5.75 Å². The number of nitrogens with zero attached hydrogens (tertiary/aromatic N) is 1. The van der Waals surface area contributed by atoms with Gasteiger partial charge in [0.2, 0.25) is 0 Å². The van der Waals surface area contributed by atoms with E-state index in [0.29, 0.717) is 5.56 Å². The summed E-state index contributed by atoms with van der Waals surface area (Å²) in [4.78, 5) is 13.3. The van der Waals surface area contributed by atoms with E-state index in [4.69, 9.17) is 4.74 Å². The first-order valence-electron chi connectivity index (χ1n) is 8.29.